The first-order valence-corrected chi connectivity index (χ1v) is 13.7. The summed E-state index contributed by atoms with van der Waals surface area (Å²) in [6.45, 7) is 3.84. The van der Waals surface area contributed by atoms with Crippen LogP contribution in [-0.2, 0) is 23.9 Å². The molecule has 12 nitrogen and oxygen atoms in total. The number of ether oxygens (including phenoxy) is 1. The summed E-state index contributed by atoms with van der Waals surface area (Å²) in [5, 5.41) is 45.3. The highest BCUT2D eigenvalue weighted by Gasteiger charge is 2.69. The van der Waals surface area contributed by atoms with E-state index in [1.54, 1.807) is 19.1 Å². The van der Waals surface area contributed by atoms with Gasteiger partial charge in [-0.3, -0.25) is 24.1 Å². The van der Waals surface area contributed by atoms with Crippen molar-refractivity contribution in [3.63, 3.8) is 0 Å². The fraction of sp³-hybridized carbons (Fsp3) is 0.517. The maximum atomic E-state index is 14.2. The number of Topliss-reactive ketones (excluding diaryl/α,β-unsaturated/α-hetero) is 2. The van der Waals surface area contributed by atoms with E-state index in [1.165, 1.54) is 25.1 Å². The molecule has 6 N–H and O–H groups in total. The fourth-order valence-electron chi connectivity index (χ4n) is 7.15. The smallest absolute Gasteiger partial charge is 0.307 e. The molecule has 1 aromatic carbocycles. The molecular weight excluding hydrogens is 534 g/mol. The van der Waals surface area contributed by atoms with Gasteiger partial charge in [0.2, 0.25) is 5.78 Å². The van der Waals surface area contributed by atoms with Crippen LogP contribution in [-0.4, -0.2) is 105 Å². The second-order valence-corrected chi connectivity index (χ2v) is 11.6. The minimum Gasteiger partial charge on any atom is -0.508 e. The first-order chi connectivity index (χ1) is 19.3. The van der Waals surface area contributed by atoms with Crippen molar-refractivity contribution in [2.75, 3.05) is 33.7 Å². The Bertz CT molecular complexity index is 1390. The van der Waals surface area contributed by atoms with E-state index >= 15 is 0 Å². The number of carbonyl (C=O) groups excluding carboxylic acids is 4. The molecule has 41 heavy (non-hydrogen) atoms. The van der Waals surface area contributed by atoms with Crippen LogP contribution in [0.25, 0.3) is 5.76 Å². The molecular formula is C29H35N3O9. The lowest BCUT2D eigenvalue weighted by molar-refractivity contribution is -0.185. The van der Waals surface area contributed by atoms with Gasteiger partial charge in [-0.1, -0.05) is 19.1 Å². The molecule has 1 heterocycles. The number of phenolic OH excluding ortho intramolecular Hbond substituents is 1. The van der Waals surface area contributed by atoms with Crippen LogP contribution in [0.3, 0.4) is 0 Å². The number of benzene rings is 1. The number of rotatable bonds is 6. The molecule has 12 heteroatoms. The number of nitrogens with two attached hydrogens (primary N) is 1. The van der Waals surface area contributed by atoms with Crippen LogP contribution < -0.4 is 5.73 Å². The Morgan fingerprint density at radius 1 is 1.15 bits per heavy atom. The van der Waals surface area contributed by atoms with Crippen molar-refractivity contribution >= 4 is 29.2 Å². The van der Waals surface area contributed by atoms with Gasteiger partial charge in [0, 0.05) is 18.0 Å². The van der Waals surface area contributed by atoms with Gasteiger partial charge in [-0.25, -0.2) is 0 Å². The molecule has 1 saturated heterocycles. The van der Waals surface area contributed by atoms with Crippen molar-refractivity contribution in [1.82, 2.24) is 9.80 Å². The average Bonchev–Trinajstić information content (AvgIpc) is 3.42. The number of aromatic hydroxyl groups is 1. The molecule has 1 aliphatic heterocycles. The molecule has 2 unspecified atom stereocenters. The van der Waals surface area contributed by atoms with Crippen LogP contribution in [0.5, 0.6) is 5.75 Å². The van der Waals surface area contributed by atoms with Gasteiger partial charge >= 0.3 is 5.97 Å². The van der Waals surface area contributed by atoms with Crippen LogP contribution in [0.15, 0.2) is 35.1 Å². The van der Waals surface area contributed by atoms with Crippen molar-refractivity contribution in [2.45, 2.75) is 49.9 Å². The third kappa shape index (κ3) is 4.23. The molecule has 2 fully saturated rings. The monoisotopic (exact) mass is 569 g/mol. The summed E-state index contributed by atoms with van der Waals surface area (Å²) < 4.78 is 6.03. The van der Waals surface area contributed by atoms with Crippen LogP contribution >= 0.6 is 0 Å². The van der Waals surface area contributed by atoms with Crippen molar-refractivity contribution in [1.29, 1.82) is 0 Å². The number of carbonyl (C=O) groups is 4. The molecule has 5 rings (SSSR count). The molecule has 6 atom stereocenters. The second-order valence-electron chi connectivity index (χ2n) is 11.6. The van der Waals surface area contributed by atoms with Crippen molar-refractivity contribution in [2.24, 2.45) is 17.6 Å². The number of nitrogens with zero attached hydrogens (tertiary/aromatic N) is 2. The number of hydrogen-bond donors (Lipinski definition) is 5. The maximum absolute atomic E-state index is 14.2. The summed E-state index contributed by atoms with van der Waals surface area (Å²) in [5.74, 6) is -9.59. The number of fused-ring (bicyclic) bond motifs is 3. The minimum absolute atomic E-state index is 0.00592. The number of likely N-dealkylation sites (N-methyl/N-ethyl adjacent to an activating group) is 1. The van der Waals surface area contributed by atoms with Gasteiger partial charge in [0.25, 0.3) is 5.91 Å². The summed E-state index contributed by atoms with van der Waals surface area (Å²) in [6.07, 6.45) is 0.636. The quantitative estimate of drug-likeness (QED) is 0.237. The lowest BCUT2D eigenvalue weighted by atomic mass is 9.54. The first kappa shape index (κ1) is 28.8. The van der Waals surface area contributed by atoms with Gasteiger partial charge < -0.3 is 35.8 Å². The predicted octanol–water partition coefficient (Wildman–Crippen LogP) is 0.533. The maximum Gasteiger partial charge on any atom is 0.307 e. The van der Waals surface area contributed by atoms with Crippen LogP contribution in [0.4, 0.5) is 0 Å². The van der Waals surface area contributed by atoms with Crippen molar-refractivity contribution in [3.8, 4) is 5.75 Å². The average molecular weight is 570 g/mol. The third-order valence-electron chi connectivity index (χ3n) is 9.06. The Kier molecular flexibility index (Phi) is 7.21. The van der Waals surface area contributed by atoms with E-state index in [2.05, 4.69) is 4.90 Å². The normalized spacial score (nSPS) is 31.7. The molecule has 4 aliphatic rings. The minimum atomic E-state index is -2.95. The highest BCUT2D eigenvalue weighted by atomic mass is 16.5. The largest absolute Gasteiger partial charge is 0.508 e. The van der Waals surface area contributed by atoms with E-state index < -0.39 is 76.0 Å². The SMILES string of the molecule is C[C@H]1c2cccc(O)c2C(O)=C2C(=O)[C@]3(O)C(O)=C(C(N)=O)C(=O)[C@@H](N(C)C)C3[C@@H](OC(=O)CCN3CCCC3)C21. The Labute approximate surface area is 236 Å². The summed E-state index contributed by atoms with van der Waals surface area (Å²) in [4.78, 5) is 56.9. The van der Waals surface area contributed by atoms with Gasteiger partial charge in [0.1, 0.15) is 28.9 Å². The van der Waals surface area contributed by atoms with Crippen LogP contribution in [0.2, 0.25) is 0 Å². The molecule has 220 valence electrons. The van der Waals surface area contributed by atoms with Gasteiger partial charge in [-0.2, -0.15) is 0 Å². The van der Waals surface area contributed by atoms with E-state index in [4.69, 9.17) is 10.5 Å². The van der Waals surface area contributed by atoms with E-state index in [1.807, 2.05) is 0 Å². The number of likely N-dealkylation sites (tertiary alicyclic amines) is 1. The zero-order chi connectivity index (χ0) is 30.0. The van der Waals surface area contributed by atoms with Gasteiger partial charge in [0.05, 0.1) is 23.9 Å². The number of aliphatic hydroxyl groups excluding tert-OH is 2. The number of aliphatic hydroxyl groups is 3. The van der Waals surface area contributed by atoms with E-state index in [-0.39, 0.29) is 23.3 Å². The molecule has 0 bridgehead atoms. The molecule has 0 aromatic heterocycles. The summed E-state index contributed by atoms with van der Waals surface area (Å²) in [5.41, 5.74) is 1.57. The number of phenols is 1. The van der Waals surface area contributed by atoms with E-state index in [9.17, 15) is 39.6 Å². The zero-order valence-corrected chi connectivity index (χ0v) is 23.2. The Morgan fingerprint density at radius 2 is 1.80 bits per heavy atom. The highest BCUT2D eigenvalue weighted by molar-refractivity contribution is 6.24. The molecule has 1 saturated carbocycles. The highest BCUT2D eigenvalue weighted by Crippen LogP contribution is 2.56. The topological polar surface area (TPSA) is 191 Å². The lowest BCUT2D eigenvalue weighted by Gasteiger charge is -2.54. The molecule has 1 amide bonds. The van der Waals surface area contributed by atoms with Crippen molar-refractivity contribution < 1.29 is 44.3 Å². The molecule has 0 radical (unpaired) electrons. The van der Waals surface area contributed by atoms with Gasteiger partial charge in [-0.15, -0.1) is 0 Å². The Morgan fingerprint density at radius 3 is 2.41 bits per heavy atom. The third-order valence-corrected chi connectivity index (χ3v) is 9.06. The number of hydrogen-bond acceptors (Lipinski definition) is 11. The Balaban J connectivity index is 1.71. The van der Waals surface area contributed by atoms with Crippen LogP contribution in [0, 0.1) is 11.8 Å². The Hall–Kier alpha value is -3.74. The molecule has 1 aromatic rings. The first-order valence-electron chi connectivity index (χ1n) is 13.7. The van der Waals surface area contributed by atoms with Gasteiger partial charge in [-0.05, 0) is 57.6 Å². The fourth-order valence-corrected chi connectivity index (χ4v) is 7.15. The lowest BCUT2D eigenvalue weighted by Crippen LogP contribution is -2.71. The summed E-state index contributed by atoms with van der Waals surface area (Å²) in [6, 6.07) is 3.15. The number of primary amides is 1. The van der Waals surface area contributed by atoms with E-state index in [0.717, 1.165) is 25.9 Å². The summed E-state index contributed by atoms with van der Waals surface area (Å²) in [7, 11) is 2.97. The van der Waals surface area contributed by atoms with E-state index in [0.29, 0.717) is 12.1 Å². The molecule has 3 aliphatic carbocycles. The zero-order valence-electron chi connectivity index (χ0n) is 23.2. The predicted molar refractivity (Wildman–Crippen MR) is 145 cm³/mol. The molecule has 0 spiro atoms. The number of amides is 1. The second kappa shape index (κ2) is 10.3. The van der Waals surface area contributed by atoms with Crippen LogP contribution in [0.1, 0.15) is 43.2 Å². The standard InChI is InChI=1S/C29H35N3O9/c1-13-14-7-6-8-15(33)18(14)23(35)19-17(13)25(41-16(34)9-12-32-10-4-5-11-32)21-22(31(2)3)24(36)20(28(30)39)27(38)29(21,40)26(19)37/h6-8,13,17,21-22,25,33,35,38,40H,4-5,9-12H2,1-3H3,(H2,30,39)/t13-,17?,21?,22-,25-,29-/m0/s1. The van der Waals surface area contributed by atoms with Crippen molar-refractivity contribution in [3.05, 3.63) is 46.2 Å². The summed E-state index contributed by atoms with van der Waals surface area (Å²) >= 11 is 0. The number of esters is 1. The van der Waals surface area contributed by atoms with Gasteiger partial charge in [0.15, 0.2) is 11.4 Å². The number of ketones is 2.